The van der Waals surface area contributed by atoms with E-state index in [2.05, 4.69) is 20.3 Å². The van der Waals surface area contributed by atoms with Crippen LogP contribution in [-0.2, 0) is 16.6 Å². The molecule has 0 bridgehead atoms. The summed E-state index contributed by atoms with van der Waals surface area (Å²) in [5.74, 6) is -0.173. The fourth-order valence-electron chi connectivity index (χ4n) is 2.61. The number of halogens is 3. The lowest BCUT2D eigenvalue weighted by Crippen LogP contribution is -2.30. The molecule has 0 aliphatic heterocycles. The van der Waals surface area contributed by atoms with E-state index in [1.54, 1.807) is 6.07 Å². The molecule has 0 fully saturated rings. The summed E-state index contributed by atoms with van der Waals surface area (Å²) in [4.78, 5) is 24.8. The van der Waals surface area contributed by atoms with Gasteiger partial charge >= 0.3 is 15.5 Å². The summed E-state index contributed by atoms with van der Waals surface area (Å²) >= 11 is 0. The second-order valence-corrected chi connectivity index (χ2v) is 8.22. The Morgan fingerprint density at radius 3 is 2.58 bits per heavy atom. The van der Waals surface area contributed by atoms with Gasteiger partial charge in [0.05, 0.1) is 24.7 Å². The van der Waals surface area contributed by atoms with Gasteiger partial charge in [0, 0.05) is 24.0 Å². The Morgan fingerprint density at radius 2 is 1.91 bits per heavy atom. The molecule has 0 spiro atoms. The van der Waals surface area contributed by atoms with Crippen molar-refractivity contribution >= 4 is 21.6 Å². The molecule has 0 aliphatic carbocycles. The molecular weight excluding hydrogens is 463 g/mol. The van der Waals surface area contributed by atoms with Crippen LogP contribution in [0.1, 0.15) is 23.0 Å². The molecule has 174 valence electrons. The minimum Gasteiger partial charge on any atom is -0.477 e. The maximum atomic E-state index is 12.5. The van der Waals surface area contributed by atoms with Gasteiger partial charge in [0.25, 0.3) is 5.91 Å². The Kier molecular flexibility index (Phi) is 7.11. The van der Waals surface area contributed by atoms with Gasteiger partial charge in [-0.05, 0) is 36.8 Å². The first-order valence-electron chi connectivity index (χ1n) is 9.46. The van der Waals surface area contributed by atoms with Crippen LogP contribution in [0.25, 0.3) is 11.3 Å². The summed E-state index contributed by atoms with van der Waals surface area (Å²) in [6.45, 7) is 2.19. The van der Waals surface area contributed by atoms with Crippen molar-refractivity contribution in [2.24, 2.45) is 0 Å². The standard InChI is InChI=1S/C20H18F3N5O4S/c1-2-32-18-12-24-11-17(27-18)14-6-7-16(25-10-14)19(29)26-9-13-4-3-5-15(8-13)28-33(30,31)20(21,22)23/h3-8,10-12,28H,2,9H2,1H3,(H,26,29). The highest BCUT2D eigenvalue weighted by Crippen LogP contribution is 2.25. The molecule has 9 nitrogen and oxygen atoms in total. The molecule has 0 saturated carbocycles. The van der Waals surface area contributed by atoms with Crippen LogP contribution in [0.15, 0.2) is 55.0 Å². The van der Waals surface area contributed by atoms with Crippen molar-refractivity contribution in [3.8, 4) is 17.1 Å². The van der Waals surface area contributed by atoms with Gasteiger partial charge in [-0.2, -0.15) is 21.6 Å². The first kappa shape index (κ1) is 23.9. The van der Waals surface area contributed by atoms with Crippen molar-refractivity contribution in [2.45, 2.75) is 19.0 Å². The third-order valence-electron chi connectivity index (χ3n) is 4.13. The number of amides is 1. The van der Waals surface area contributed by atoms with Crippen molar-refractivity contribution in [3.63, 3.8) is 0 Å². The van der Waals surface area contributed by atoms with E-state index >= 15 is 0 Å². The van der Waals surface area contributed by atoms with Crippen LogP contribution in [0, 0.1) is 0 Å². The number of nitrogens with zero attached hydrogens (tertiary/aromatic N) is 3. The molecule has 0 saturated heterocycles. The molecule has 1 aromatic carbocycles. The lowest BCUT2D eigenvalue weighted by molar-refractivity contribution is -0.0429. The monoisotopic (exact) mass is 481 g/mol. The minimum atomic E-state index is -5.54. The van der Waals surface area contributed by atoms with Gasteiger partial charge in [-0.25, -0.2) is 4.98 Å². The summed E-state index contributed by atoms with van der Waals surface area (Å²) in [5, 5.41) is 2.57. The Balaban J connectivity index is 1.64. The SMILES string of the molecule is CCOc1cncc(-c2ccc(C(=O)NCc3cccc(NS(=O)(=O)C(F)(F)F)c3)nc2)n1. The van der Waals surface area contributed by atoms with Crippen molar-refractivity contribution in [3.05, 3.63) is 66.2 Å². The number of hydrogen-bond acceptors (Lipinski definition) is 7. The second kappa shape index (κ2) is 9.81. The lowest BCUT2D eigenvalue weighted by atomic mass is 10.2. The number of aromatic nitrogens is 3. The van der Waals surface area contributed by atoms with Gasteiger partial charge < -0.3 is 10.1 Å². The van der Waals surface area contributed by atoms with Gasteiger partial charge in [0.1, 0.15) is 5.69 Å². The molecule has 33 heavy (non-hydrogen) atoms. The summed E-state index contributed by atoms with van der Waals surface area (Å²) in [6.07, 6.45) is 4.45. The number of benzene rings is 1. The minimum absolute atomic E-state index is 0.0638. The maximum Gasteiger partial charge on any atom is 0.516 e. The Hall–Kier alpha value is -3.74. The van der Waals surface area contributed by atoms with E-state index in [1.165, 1.54) is 53.6 Å². The van der Waals surface area contributed by atoms with E-state index in [1.807, 2.05) is 6.92 Å². The number of carbonyl (C=O) groups is 1. The third-order valence-corrected chi connectivity index (χ3v) is 5.25. The van der Waals surface area contributed by atoms with Crippen LogP contribution < -0.4 is 14.8 Å². The predicted molar refractivity (Wildman–Crippen MR) is 113 cm³/mol. The quantitative estimate of drug-likeness (QED) is 0.507. The van der Waals surface area contributed by atoms with Crippen LogP contribution in [0.3, 0.4) is 0 Å². The van der Waals surface area contributed by atoms with Crippen molar-refractivity contribution in [1.82, 2.24) is 20.3 Å². The van der Waals surface area contributed by atoms with Crippen molar-refractivity contribution in [2.75, 3.05) is 11.3 Å². The van der Waals surface area contributed by atoms with E-state index in [0.717, 1.165) is 0 Å². The smallest absolute Gasteiger partial charge is 0.477 e. The first-order valence-corrected chi connectivity index (χ1v) is 10.9. The number of hydrogen-bond donors (Lipinski definition) is 2. The summed E-state index contributed by atoms with van der Waals surface area (Å²) < 4.78 is 66.8. The number of anilines is 1. The molecule has 2 N–H and O–H groups in total. The topological polar surface area (TPSA) is 123 Å². The predicted octanol–water partition coefficient (Wildman–Crippen LogP) is 3.13. The fraction of sp³-hybridized carbons (Fsp3) is 0.200. The van der Waals surface area contributed by atoms with Crippen LogP contribution in [0.5, 0.6) is 5.88 Å². The van der Waals surface area contributed by atoms with Gasteiger partial charge in [-0.15, -0.1) is 0 Å². The van der Waals surface area contributed by atoms with Crippen molar-refractivity contribution in [1.29, 1.82) is 0 Å². The largest absolute Gasteiger partial charge is 0.516 e. The molecule has 2 heterocycles. The zero-order chi connectivity index (χ0) is 24.1. The number of carbonyl (C=O) groups excluding carboxylic acids is 1. The van der Waals surface area contributed by atoms with Crippen molar-refractivity contribution < 1.29 is 31.1 Å². The van der Waals surface area contributed by atoms with E-state index in [9.17, 15) is 26.4 Å². The Labute approximate surface area is 187 Å². The zero-order valence-corrected chi connectivity index (χ0v) is 17.9. The first-order chi connectivity index (χ1) is 15.6. The molecular formula is C20H18F3N5O4S. The second-order valence-electron chi connectivity index (χ2n) is 6.54. The zero-order valence-electron chi connectivity index (χ0n) is 17.1. The molecule has 0 unspecified atom stereocenters. The Morgan fingerprint density at radius 1 is 1.12 bits per heavy atom. The van der Waals surface area contributed by atoms with E-state index < -0.39 is 21.4 Å². The molecule has 0 atom stereocenters. The van der Waals surface area contributed by atoms with Crippen LogP contribution in [0.4, 0.5) is 18.9 Å². The Bertz CT molecular complexity index is 1230. The average molecular weight is 481 g/mol. The third kappa shape index (κ3) is 6.16. The highest BCUT2D eigenvalue weighted by atomic mass is 32.2. The van der Waals surface area contributed by atoms with Crippen LogP contribution in [0.2, 0.25) is 0 Å². The van der Waals surface area contributed by atoms with Crippen LogP contribution in [-0.4, -0.2) is 41.4 Å². The van der Waals surface area contributed by atoms with E-state index in [0.29, 0.717) is 29.3 Å². The summed E-state index contributed by atoms with van der Waals surface area (Å²) in [6, 6.07) is 8.34. The maximum absolute atomic E-state index is 12.5. The summed E-state index contributed by atoms with van der Waals surface area (Å²) in [7, 11) is -5.54. The summed E-state index contributed by atoms with van der Waals surface area (Å²) in [5.41, 5.74) is -4.11. The van der Waals surface area contributed by atoms with Gasteiger partial charge in [0.2, 0.25) is 5.88 Å². The highest BCUT2D eigenvalue weighted by Gasteiger charge is 2.46. The molecule has 2 aromatic heterocycles. The molecule has 3 aromatic rings. The highest BCUT2D eigenvalue weighted by molar-refractivity contribution is 7.93. The number of sulfonamides is 1. The molecule has 0 aliphatic rings. The van der Waals surface area contributed by atoms with Gasteiger partial charge in [-0.3, -0.25) is 19.5 Å². The van der Waals surface area contributed by atoms with E-state index in [-0.39, 0.29) is 17.9 Å². The normalized spacial score (nSPS) is 11.6. The van der Waals surface area contributed by atoms with E-state index in [4.69, 9.17) is 4.74 Å². The molecule has 1 amide bonds. The van der Waals surface area contributed by atoms with Gasteiger partial charge in [-0.1, -0.05) is 12.1 Å². The number of alkyl halides is 3. The fourth-order valence-corrected chi connectivity index (χ4v) is 3.17. The average Bonchev–Trinajstić information content (AvgIpc) is 2.77. The van der Waals surface area contributed by atoms with Gasteiger partial charge in [0.15, 0.2) is 0 Å². The number of rotatable bonds is 8. The molecule has 13 heteroatoms. The molecule has 3 rings (SSSR count). The number of nitrogens with one attached hydrogen (secondary N) is 2. The molecule has 0 radical (unpaired) electrons. The number of ether oxygens (including phenoxy) is 1. The van der Waals surface area contributed by atoms with Crippen LogP contribution >= 0.6 is 0 Å². The number of pyridine rings is 1. The lowest BCUT2D eigenvalue weighted by Gasteiger charge is -2.12.